The second kappa shape index (κ2) is 14.4. The van der Waals surface area contributed by atoms with E-state index in [1.54, 1.807) is 42.5 Å². The van der Waals surface area contributed by atoms with Crippen LogP contribution in [0.2, 0.25) is 0 Å². The van der Waals surface area contributed by atoms with Crippen molar-refractivity contribution in [3.8, 4) is 0 Å². The third kappa shape index (κ3) is 8.40. The zero-order chi connectivity index (χ0) is 30.7. The van der Waals surface area contributed by atoms with E-state index in [9.17, 15) is 14.4 Å². The van der Waals surface area contributed by atoms with Gasteiger partial charge in [-0.3, -0.25) is 24.8 Å². The van der Waals surface area contributed by atoms with Gasteiger partial charge in [-0.2, -0.15) is 0 Å². The van der Waals surface area contributed by atoms with E-state index < -0.39 is 35.2 Å². The lowest BCUT2D eigenvalue weighted by Crippen LogP contribution is -2.52. The Balaban J connectivity index is 1.91. The van der Waals surface area contributed by atoms with Crippen molar-refractivity contribution in [1.82, 2.24) is 10.6 Å². The summed E-state index contributed by atoms with van der Waals surface area (Å²) in [4.78, 5) is 43.8. The highest BCUT2D eigenvalue weighted by Crippen LogP contribution is 2.30. The van der Waals surface area contributed by atoms with Crippen molar-refractivity contribution in [2.75, 3.05) is 6.54 Å². The standard InChI is InChI=1S/C31H38N8O3/c1-31(23-11-6-3-7-12-23,19-20-14-16-22(17-15-20)26(32)33)29(42)39-25(21-9-4-2-5-10-21)28(41)38-24(27(34)40)13-8-18-37-30(35)36/h2-7,9-12,14-17,24-25H,8,13,18-19H2,1H3,(H3,32,33)(H2,34,40)(H,38,41)(H,39,42)(H4,35,36,37)/t24-,25-,31?/m0/s1. The maximum absolute atomic E-state index is 14.2. The number of nitrogen functional groups attached to an aromatic ring is 1. The van der Waals surface area contributed by atoms with Gasteiger partial charge >= 0.3 is 0 Å². The van der Waals surface area contributed by atoms with Gasteiger partial charge in [0.15, 0.2) is 5.96 Å². The summed E-state index contributed by atoms with van der Waals surface area (Å²) in [6, 6.07) is 23.1. The van der Waals surface area contributed by atoms with E-state index in [0.717, 1.165) is 11.1 Å². The molecule has 0 aliphatic heterocycles. The van der Waals surface area contributed by atoms with E-state index in [1.807, 2.05) is 49.4 Å². The molecule has 3 aromatic carbocycles. The van der Waals surface area contributed by atoms with Crippen LogP contribution in [0.15, 0.2) is 89.9 Å². The van der Waals surface area contributed by atoms with Crippen molar-refractivity contribution in [1.29, 1.82) is 5.41 Å². The van der Waals surface area contributed by atoms with Crippen molar-refractivity contribution in [3.05, 3.63) is 107 Å². The molecule has 220 valence electrons. The molecule has 0 saturated carbocycles. The minimum atomic E-state index is -1.11. The van der Waals surface area contributed by atoms with Gasteiger partial charge in [0, 0.05) is 12.1 Å². The van der Waals surface area contributed by atoms with Gasteiger partial charge in [-0.15, -0.1) is 0 Å². The molecule has 11 nitrogen and oxygen atoms in total. The molecule has 0 heterocycles. The van der Waals surface area contributed by atoms with Crippen molar-refractivity contribution in [3.63, 3.8) is 0 Å². The average molecular weight is 571 g/mol. The van der Waals surface area contributed by atoms with E-state index >= 15 is 0 Å². The third-order valence-corrected chi connectivity index (χ3v) is 7.01. The molecule has 3 rings (SSSR count). The lowest BCUT2D eigenvalue weighted by Gasteiger charge is -2.32. The molecule has 0 aliphatic carbocycles. The van der Waals surface area contributed by atoms with Crippen LogP contribution in [0.5, 0.6) is 0 Å². The summed E-state index contributed by atoms with van der Waals surface area (Å²) in [5.74, 6) is -1.81. The molecular weight excluding hydrogens is 532 g/mol. The molecule has 0 aliphatic rings. The Morgan fingerprint density at radius 2 is 1.45 bits per heavy atom. The first kappa shape index (κ1) is 31.3. The number of primary amides is 1. The minimum Gasteiger partial charge on any atom is -0.384 e. The SMILES string of the molecule is CC(Cc1ccc(C(=N)N)cc1)(C(=O)N[C@H](C(=O)N[C@@H](CCCN=C(N)N)C(N)=O)c1ccccc1)c1ccccc1. The lowest BCUT2D eigenvalue weighted by atomic mass is 9.76. The lowest BCUT2D eigenvalue weighted by molar-refractivity contribution is -0.133. The molecule has 42 heavy (non-hydrogen) atoms. The number of carbonyl (C=O) groups excluding carboxylic acids is 3. The van der Waals surface area contributed by atoms with E-state index in [0.29, 0.717) is 24.0 Å². The van der Waals surface area contributed by atoms with E-state index in [-0.39, 0.29) is 24.8 Å². The number of amides is 3. The topological polar surface area (TPSA) is 216 Å². The smallest absolute Gasteiger partial charge is 0.247 e. The van der Waals surface area contributed by atoms with Crippen molar-refractivity contribution >= 4 is 29.5 Å². The zero-order valence-corrected chi connectivity index (χ0v) is 23.5. The monoisotopic (exact) mass is 570 g/mol. The van der Waals surface area contributed by atoms with Crippen molar-refractivity contribution in [2.45, 2.75) is 43.7 Å². The summed E-state index contributed by atoms with van der Waals surface area (Å²) in [5.41, 5.74) is 23.5. The molecule has 3 amide bonds. The Hall–Kier alpha value is -5.19. The normalized spacial score (nSPS) is 13.5. The molecule has 11 heteroatoms. The first-order valence-electron chi connectivity index (χ1n) is 13.5. The number of guanidine groups is 1. The number of hydrogen-bond acceptors (Lipinski definition) is 5. The number of benzene rings is 3. The summed E-state index contributed by atoms with van der Waals surface area (Å²) < 4.78 is 0. The Labute approximate surface area is 245 Å². The predicted molar refractivity (Wildman–Crippen MR) is 163 cm³/mol. The number of amidine groups is 1. The summed E-state index contributed by atoms with van der Waals surface area (Å²) in [6.45, 7) is 2.08. The molecule has 0 aromatic heterocycles. The molecule has 1 unspecified atom stereocenters. The van der Waals surface area contributed by atoms with Crippen molar-refractivity contribution in [2.24, 2.45) is 27.9 Å². The summed E-state index contributed by atoms with van der Waals surface area (Å²) in [6.07, 6.45) is 0.923. The maximum atomic E-state index is 14.2. The molecule has 0 spiro atoms. The van der Waals surface area contributed by atoms with Crippen molar-refractivity contribution < 1.29 is 14.4 Å². The highest BCUT2D eigenvalue weighted by atomic mass is 16.2. The number of nitrogens with one attached hydrogen (secondary N) is 3. The van der Waals surface area contributed by atoms with Gasteiger partial charge in [-0.25, -0.2) is 0 Å². The fourth-order valence-corrected chi connectivity index (χ4v) is 4.61. The predicted octanol–water partition coefficient (Wildman–Crippen LogP) is 1.35. The van der Waals surface area contributed by atoms with Gasteiger partial charge in [0.2, 0.25) is 17.7 Å². The molecule has 3 aromatic rings. The Morgan fingerprint density at radius 3 is 2.00 bits per heavy atom. The van der Waals surface area contributed by atoms with Crippen LogP contribution in [0, 0.1) is 5.41 Å². The Kier molecular flexibility index (Phi) is 10.8. The average Bonchev–Trinajstić information content (AvgIpc) is 2.98. The maximum Gasteiger partial charge on any atom is 0.247 e. The van der Waals surface area contributed by atoms with E-state index in [2.05, 4.69) is 15.6 Å². The van der Waals surface area contributed by atoms with E-state index in [1.165, 1.54) is 0 Å². The third-order valence-electron chi connectivity index (χ3n) is 7.01. The van der Waals surface area contributed by atoms with Gasteiger partial charge in [0.25, 0.3) is 0 Å². The highest BCUT2D eigenvalue weighted by molar-refractivity contribution is 5.96. The largest absolute Gasteiger partial charge is 0.384 e. The molecule has 3 atom stereocenters. The minimum absolute atomic E-state index is 0.0488. The van der Waals surface area contributed by atoms with Crippen LogP contribution in [-0.2, 0) is 26.2 Å². The van der Waals surface area contributed by atoms with Gasteiger partial charge in [-0.1, -0.05) is 84.9 Å². The van der Waals surface area contributed by atoms with Crippen LogP contribution in [-0.4, -0.2) is 42.1 Å². The Morgan fingerprint density at radius 1 is 0.857 bits per heavy atom. The summed E-state index contributed by atoms with van der Waals surface area (Å²) >= 11 is 0. The molecular formula is C31H38N8O3. The number of hydrogen-bond donors (Lipinski definition) is 7. The zero-order valence-electron chi connectivity index (χ0n) is 23.5. The van der Waals surface area contributed by atoms with Gasteiger partial charge in [0.05, 0.1) is 5.41 Å². The van der Waals surface area contributed by atoms with Gasteiger partial charge < -0.3 is 33.6 Å². The molecule has 0 bridgehead atoms. The number of nitrogens with two attached hydrogens (primary N) is 4. The van der Waals surface area contributed by atoms with E-state index in [4.69, 9.17) is 28.3 Å². The number of rotatable bonds is 14. The molecule has 0 radical (unpaired) electrons. The summed E-state index contributed by atoms with van der Waals surface area (Å²) in [7, 11) is 0. The van der Waals surface area contributed by atoms with Crippen LogP contribution in [0.3, 0.4) is 0 Å². The quantitative estimate of drug-likeness (QED) is 0.0861. The first-order valence-corrected chi connectivity index (χ1v) is 13.5. The highest BCUT2D eigenvalue weighted by Gasteiger charge is 2.38. The first-order chi connectivity index (χ1) is 20.0. The fraction of sp³-hybridized carbons (Fsp3) is 0.258. The van der Waals surface area contributed by atoms with Crippen LogP contribution in [0.25, 0.3) is 0 Å². The van der Waals surface area contributed by atoms with Crippen LogP contribution in [0.1, 0.15) is 48.1 Å². The van der Waals surface area contributed by atoms with Gasteiger partial charge in [0.1, 0.15) is 17.9 Å². The summed E-state index contributed by atoms with van der Waals surface area (Å²) in [5, 5.41) is 13.3. The number of carbonyl (C=O) groups is 3. The molecule has 0 saturated heterocycles. The molecule has 0 fully saturated rings. The number of nitrogens with zero attached hydrogens (tertiary/aromatic N) is 1. The second-order valence-electron chi connectivity index (χ2n) is 10.2. The number of aliphatic imine (C=N–C) groups is 1. The second-order valence-corrected chi connectivity index (χ2v) is 10.2. The van der Waals surface area contributed by atoms with Crippen LogP contribution < -0.4 is 33.6 Å². The fourth-order valence-electron chi connectivity index (χ4n) is 4.61. The van der Waals surface area contributed by atoms with Crippen LogP contribution in [0.4, 0.5) is 0 Å². The van der Waals surface area contributed by atoms with Crippen LogP contribution >= 0.6 is 0 Å². The van der Waals surface area contributed by atoms with Gasteiger partial charge in [-0.05, 0) is 42.9 Å². The molecule has 11 N–H and O–H groups in total. The Bertz CT molecular complexity index is 1410.